The third kappa shape index (κ3) is 29.3. The van der Waals surface area contributed by atoms with E-state index < -0.39 is 266 Å². The van der Waals surface area contributed by atoms with Crippen molar-refractivity contribution in [3.63, 3.8) is 0 Å². The Bertz CT molecular complexity index is 5040. The lowest BCUT2D eigenvalue weighted by Crippen LogP contribution is -2.62. The Morgan fingerprint density at radius 1 is 0.556 bits per heavy atom. The van der Waals surface area contributed by atoms with E-state index in [4.69, 9.17) is 28.3 Å². The predicted molar refractivity (Wildman–Crippen MR) is 485 cm³/mol. The predicted octanol–water partition coefficient (Wildman–Crippen LogP) is -3.36. The molecule has 726 valence electrons. The lowest BCUT2D eigenvalue weighted by molar-refractivity contribution is -0.149. The molecule has 15 atom stereocenters. The first kappa shape index (κ1) is 105. The number of amides is 17. The molecule has 24 N–H and O–H groups in total. The number of aliphatic hydroxyl groups is 2. The van der Waals surface area contributed by atoms with Gasteiger partial charge in [-0.2, -0.15) is 0 Å². The SMILES string of the molecule is CCCC[C@H]1C(=O)N(C)[C@@H](CCCC)C(=O)N[C@@H](CCCNC(=N)N)C(=O)N[C@H](C(=O)NCC(N)=O)CSCC(=O)N[C@@H](Cc2ccc(F)c(F)c2)C(=O)N(C)[C@@H](C)C(=O)N[C@H](CC(N)=O)C(=O)N2CCC[C@H]2C(=O)N[C@@H](CN)C(=O)N[C@@H](CC(C)C)C(=O)N2C[C@H](O)C[C@H]2C(=O)N[C@@H](Cc2c[nH]c3ccccc23)C(=O)N[C@@H](CO)C(=O)N[C@@H](Cc2c[nH]c3ccccc23)C(=O)N1C. The average Bonchev–Trinajstić information content (AvgIpc) is 1.70. The zero-order valence-corrected chi connectivity index (χ0v) is 76.6. The van der Waals surface area contributed by atoms with E-state index in [1.54, 1.807) is 74.8 Å². The van der Waals surface area contributed by atoms with Crippen LogP contribution in [-0.4, -0.2) is 314 Å². The van der Waals surface area contributed by atoms with E-state index in [1.165, 1.54) is 21.0 Å². The molecule has 0 spiro atoms. The van der Waals surface area contributed by atoms with Crippen LogP contribution in [0, 0.1) is 23.0 Å². The second kappa shape index (κ2) is 50.1. The summed E-state index contributed by atoms with van der Waals surface area (Å²) >= 11 is 0.685. The minimum atomic E-state index is -1.90. The zero-order valence-electron chi connectivity index (χ0n) is 75.8. The van der Waals surface area contributed by atoms with Crippen LogP contribution in [-0.2, 0) is 101 Å². The topological polar surface area (TPSA) is 639 Å². The summed E-state index contributed by atoms with van der Waals surface area (Å²) < 4.78 is 29.3. The van der Waals surface area contributed by atoms with Crippen LogP contribution in [0.2, 0.25) is 0 Å². The minimum absolute atomic E-state index is 0.00641. The van der Waals surface area contributed by atoms with Gasteiger partial charge in [0.25, 0.3) is 0 Å². The Kier molecular flexibility index (Phi) is 39.7. The molecular weight excluding hydrogens is 1750 g/mol. The summed E-state index contributed by atoms with van der Waals surface area (Å²) in [5.41, 5.74) is 25.0. The number of rotatable bonds is 25. The Morgan fingerprint density at radius 2 is 1.09 bits per heavy atom. The van der Waals surface area contributed by atoms with Gasteiger partial charge in [-0.1, -0.05) is 95.8 Å². The number of nitrogens with zero attached hydrogens (tertiary/aromatic N) is 5. The first-order valence-corrected chi connectivity index (χ1v) is 45.5. The number of unbranched alkanes of at least 4 members (excludes halogenated alkanes) is 2. The molecule has 17 amide bonds. The summed E-state index contributed by atoms with van der Waals surface area (Å²) in [6.45, 7) is 5.11. The van der Waals surface area contributed by atoms with E-state index in [9.17, 15) is 66.9 Å². The largest absolute Gasteiger partial charge is 0.394 e. The Morgan fingerprint density at radius 3 is 1.69 bits per heavy atom. The van der Waals surface area contributed by atoms with Gasteiger partial charge in [-0.05, 0) is 98.7 Å². The van der Waals surface area contributed by atoms with E-state index in [-0.39, 0.29) is 82.4 Å². The number of nitrogens with one attached hydrogen (secondary N) is 14. The second-order valence-electron chi connectivity index (χ2n) is 34.0. The summed E-state index contributed by atoms with van der Waals surface area (Å²) in [4.78, 5) is 260. The molecule has 42 nitrogen and oxygen atoms in total. The number of aromatic amines is 2. The molecular formula is C88H125F2N23O19S. The molecule has 0 radical (unpaired) electrons. The van der Waals surface area contributed by atoms with Crippen LogP contribution in [0.15, 0.2) is 79.1 Å². The monoisotopic (exact) mass is 1880 g/mol. The van der Waals surface area contributed by atoms with Crippen molar-refractivity contribution in [2.45, 2.75) is 228 Å². The number of nitrogens with two attached hydrogens (primary N) is 4. The molecule has 0 aliphatic carbocycles. The average molecular weight is 1880 g/mol. The van der Waals surface area contributed by atoms with Crippen molar-refractivity contribution in [1.29, 1.82) is 5.41 Å². The van der Waals surface area contributed by atoms with Crippen LogP contribution in [0.4, 0.5) is 8.78 Å². The molecule has 2 aromatic heterocycles. The molecule has 3 aliphatic rings. The molecule has 5 aromatic rings. The lowest BCUT2D eigenvalue weighted by atomic mass is 10.00. The van der Waals surface area contributed by atoms with Crippen LogP contribution < -0.4 is 81.4 Å². The molecule has 3 saturated heterocycles. The minimum Gasteiger partial charge on any atom is -0.394 e. The first-order chi connectivity index (χ1) is 63.2. The normalized spacial score (nSPS) is 25.0. The Balaban J connectivity index is 1.19. The summed E-state index contributed by atoms with van der Waals surface area (Å²) in [7, 11) is 3.77. The number of likely N-dealkylation sites (N-methyl/N-ethyl adjacent to an activating group) is 3. The summed E-state index contributed by atoms with van der Waals surface area (Å²) in [5, 5.41) is 59.9. The lowest BCUT2D eigenvalue weighted by Gasteiger charge is -2.36. The Labute approximate surface area is 771 Å². The number of carbonyl (C=O) groups is 17. The molecule has 5 heterocycles. The number of hydrogen-bond donors (Lipinski definition) is 20. The van der Waals surface area contributed by atoms with Gasteiger partial charge in [-0.25, -0.2) is 8.78 Å². The quantitative estimate of drug-likeness (QED) is 0.0154. The van der Waals surface area contributed by atoms with Gasteiger partial charge in [0.05, 0.1) is 31.4 Å². The van der Waals surface area contributed by atoms with Gasteiger partial charge in [0, 0.05) is 113 Å². The maximum absolute atomic E-state index is 15.7. The molecule has 3 aromatic carbocycles. The van der Waals surface area contributed by atoms with Gasteiger partial charge in [-0.15, -0.1) is 11.8 Å². The number of hydrogen-bond acceptors (Lipinski definition) is 22. The van der Waals surface area contributed by atoms with Crippen LogP contribution in [0.5, 0.6) is 0 Å². The number of H-pyrrole nitrogens is 2. The van der Waals surface area contributed by atoms with Crippen molar-refractivity contribution in [3.8, 4) is 0 Å². The molecule has 45 heteroatoms. The third-order valence-electron chi connectivity index (χ3n) is 23.6. The fourth-order valence-corrected chi connectivity index (χ4v) is 17.1. The van der Waals surface area contributed by atoms with Crippen molar-refractivity contribution in [3.05, 3.63) is 107 Å². The first-order valence-electron chi connectivity index (χ1n) is 44.4. The van der Waals surface area contributed by atoms with Crippen molar-refractivity contribution >= 4 is 140 Å². The highest BCUT2D eigenvalue weighted by Gasteiger charge is 2.47. The van der Waals surface area contributed by atoms with Crippen molar-refractivity contribution < 1.29 is 101 Å². The van der Waals surface area contributed by atoms with Crippen LogP contribution in [0.25, 0.3) is 21.8 Å². The number of para-hydroxylation sites is 2. The molecule has 0 saturated carbocycles. The number of fused-ring (bicyclic) bond motifs is 4. The second-order valence-corrected chi connectivity index (χ2v) is 35.0. The number of thioether (sulfide) groups is 1. The highest BCUT2D eigenvalue weighted by molar-refractivity contribution is 8.00. The van der Waals surface area contributed by atoms with Gasteiger partial charge >= 0.3 is 0 Å². The number of halogens is 2. The number of aromatic nitrogens is 2. The van der Waals surface area contributed by atoms with Gasteiger partial charge in [0.1, 0.15) is 84.6 Å². The summed E-state index contributed by atoms with van der Waals surface area (Å²) in [5.74, 6) is -21.5. The van der Waals surface area contributed by atoms with E-state index in [2.05, 4.69) is 68.5 Å². The van der Waals surface area contributed by atoms with Gasteiger partial charge in [0.2, 0.25) is 100 Å². The number of aliphatic hydroxyl groups excluding tert-OH is 2. The van der Waals surface area contributed by atoms with Gasteiger partial charge < -0.3 is 126 Å². The van der Waals surface area contributed by atoms with Gasteiger partial charge in [0.15, 0.2) is 17.6 Å². The molecule has 3 fully saturated rings. The van der Waals surface area contributed by atoms with Crippen LogP contribution in [0.3, 0.4) is 0 Å². The maximum Gasteiger partial charge on any atom is 0.246 e. The van der Waals surface area contributed by atoms with Crippen molar-refractivity contribution in [2.75, 3.05) is 72.0 Å². The molecule has 133 heavy (non-hydrogen) atoms. The van der Waals surface area contributed by atoms with Gasteiger partial charge in [-0.3, -0.25) is 86.9 Å². The fourth-order valence-electron chi connectivity index (χ4n) is 16.2. The number of guanidine groups is 1. The molecule has 8 rings (SSSR count). The fraction of sp³-hybridized carbons (Fsp3) is 0.545. The maximum atomic E-state index is 15.7. The van der Waals surface area contributed by atoms with E-state index in [1.807, 2.05) is 13.8 Å². The smallest absolute Gasteiger partial charge is 0.246 e. The summed E-state index contributed by atoms with van der Waals surface area (Å²) in [6.07, 6.45) is 0.618. The van der Waals surface area contributed by atoms with E-state index in [0.717, 1.165) is 49.7 Å². The van der Waals surface area contributed by atoms with Crippen molar-refractivity contribution in [2.24, 2.45) is 28.9 Å². The summed E-state index contributed by atoms with van der Waals surface area (Å²) in [6, 6.07) is -5.93. The zero-order chi connectivity index (χ0) is 97.8. The number of carbonyl (C=O) groups excluding carboxylic acids is 17. The van der Waals surface area contributed by atoms with E-state index >= 15 is 33.6 Å². The van der Waals surface area contributed by atoms with Crippen molar-refractivity contribution in [1.82, 2.24) is 93.0 Å². The number of primary amides is 2. The van der Waals surface area contributed by atoms with Crippen LogP contribution in [0.1, 0.15) is 135 Å². The number of benzene rings is 3. The Hall–Kier alpha value is -12.9. The third-order valence-corrected chi connectivity index (χ3v) is 24.7. The standard InChI is InChI=1S/C88H125F2N23O19S/c1-9-11-24-67-80(125)101-58(23-17-29-96-88(94)95)76(121)108-66(75(120)99-41-72(93)117)44-133-45-73(118)100-61(33-48-27-28-54(89)55(90)32-48)83(128)109(6)47(5)74(119)103-63(37-71(92)116)85(130)112-30-18-26-68(112)81(126)106-64(38-91)78(123)104-60(31-46(3)4)86(131)113-42-51(115)36-70(113)82(127)102-59(34-49-39-97-56-21-15-13-19-52(49)56)77(122)107-65(43-114)79(124)105-62(35-50-40-98-57-22-16-14-20-53(50)57)84(129)111(8)69(25-12-10-2)87(132)110(67)7/h13-16,19-22,27-28,32,39-40,46-47,51,58-70,97-98,114-115H,9-12,17-18,23-26,29-31,33-38,41-45,91H2,1-8H3,(H2,92,116)(H2,93,117)(H,99,120)(H,100,118)(H,101,125)(H,102,127)(H,103,119)(H,104,123)(H,105,124)(H,106,126)(H,107,122)(H,108,121)(H4,94,95,96)/t47-,51+,58-,59-,60-,61-,62-,63+,64-,65-,66-,67-,68-,69-,70-/m0/s1. The molecule has 3 aliphatic heterocycles. The highest BCUT2D eigenvalue weighted by atomic mass is 32.2. The molecule has 0 unspecified atom stereocenters. The molecule has 0 bridgehead atoms. The highest BCUT2D eigenvalue weighted by Crippen LogP contribution is 2.28. The van der Waals surface area contributed by atoms with E-state index in [0.29, 0.717) is 70.4 Å². The van der Waals surface area contributed by atoms with Crippen LogP contribution >= 0.6 is 11.8 Å².